The van der Waals surface area contributed by atoms with Crippen molar-refractivity contribution < 1.29 is 0 Å². The van der Waals surface area contributed by atoms with Gasteiger partial charge in [0.2, 0.25) is 0 Å². The normalized spacial score (nSPS) is 11.2. The van der Waals surface area contributed by atoms with Gasteiger partial charge < -0.3 is 14.7 Å². The molecule has 0 aliphatic carbocycles. The maximum atomic E-state index is 2.34. The van der Waals surface area contributed by atoms with E-state index in [2.05, 4.69) is 276 Å². The molecular formula is C56H43N3. The third kappa shape index (κ3) is 8.32. The molecule has 3 heteroatoms. The Morgan fingerprint density at radius 2 is 0.441 bits per heavy atom. The summed E-state index contributed by atoms with van der Waals surface area (Å²) in [5, 5.41) is 0. The van der Waals surface area contributed by atoms with Gasteiger partial charge >= 0.3 is 0 Å². The highest BCUT2D eigenvalue weighted by molar-refractivity contribution is 5.92. The van der Waals surface area contributed by atoms with Gasteiger partial charge in [0.1, 0.15) is 0 Å². The van der Waals surface area contributed by atoms with Crippen LogP contribution in [0.4, 0.5) is 51.2 Å². The van der Waals surface area contributed by atoms with Gasteiger partial charge in [0, 0.05) is 51.2 Å². The molecule has 9 aromatic carbocycles. The molecule has 0 spiro atoms. The average Bonchev–Trinajstić information content (AvgIpc) is 3.32. The first-order valence-electron chi connectivity index (χ1n) is 20.0. The van der Waals surface area contributed by atoms with E-state index < -0.39 is 0 Å². The minimum atomic E-state index is 1.06. The van der Waals surface area contributed by atoms with Gasteiger partial charge in [-0.2, -0.15) is 0 Å². The molecule has 0 unspecified atom stereocenters. The second-order valence-electron chi connectivity index (χ2n) is 14.3. The van der Waals surface area contributed by atoms with Crippen molar-refractivity contribution in [2.45, 2.75) is 0 Å². The zero-order valence-corrected chi connectivity index (χ0v) is 32.7. The molecule has 0 radical (unpaired) electrons. The van der Waals surface area contributed by atoms with Crippen molar-refractivity contribution in [3.05, 3.63) is 271 Å². The van der Waals surface area contributed by atoms with Crippen molar-refractivity contribution >= 4 is 62.8 Å². The van der Waals surface area contributed by atoms with Crippen LogP contribution in [0.5, 0.6) is 0 Å². The highest BCUT2D eigenvalue weighted by atomic mass is 15.2. The summed E-state index contributed by atoms with van der Waals surface area (Å²) < 4.78 is 0. The molecule has 0 aromatic heterocycles. The second-order valence-corrected chi connectivity index (χ2v) is 14.3. The van der Waals surface area contributed by atoms with Crippen LogP contribution in [0, 0.1) is 0 Å². The molecule has 0 aliphatic rings. The van der Waals surface area contributed by atoms with E-state index in [1.807, 2.05) is 0 Å². The molecule has 0 saturated heterocycles. The van der Waals surface area contributed by atoms with Gasteiger partial charge in [-0.05, 0) is 138 Å². The number of para-hydroxylation sites is 4. The molecule has 0 amide bonds. The fourth-order valence-electron chi connectivity index (χ4n) is 7.61. The Bertz CT molecular complexity index is 2500. The summed E-state index contributed by atoms with van der Waals surface area (Å²) in [7, 11) is 0. The quantitative estimate of drug-likeness (QED) is 0.115. The van der Waals surface area contributed by atoms with Gasteiger partial charge in [-0.3, -0.25) is 0 Å². The van der Waals surface area contributed by atoms with E-state index in [-0.39, 0.29) is 0 Å². The standard InChI is InChI=1S/C56H43N3/c1-7-19-44(20-8-1)43-56(45-21-9-2-10-22-45)46-31-33-51(34-32-46)59(54-39-35-52(36-40-54)57(47-23-11-3-12-24-47)48-25-13-4-14-26-48)55-41-37-53(38-42-55)58(49-27-15-5-16-28-49)50-29-17-6-18-30-50/h1-43H. The number of hydrogen-bond acceptors (Lipinski definition) is 3. The monoisotopic (exact) mass is 757 g/mol. The third-order valence-electron chi connectivity index (χ3n) is 10.4. The molecule has 3 nitrogen and oxygen atoms in total. The van der Waals surface area contributed by atoms with E-state index >= 15 is 0 Å². The van der Waals surface area contributed by atoms with Crippen molar-refractivity contribution in [2.24, 2.45) is 0 Å². The van der Waals surface area contributed by atoms with Crippen molar-refractivity contribution in [2.75, 3.05) is 14.7 Å². The molecule has 282 valence electrons. The lowest BCUT2D eigenvalue weighted by atomic mass is 9.95. The fourth-order valence-corrected chi connectivity index (χ4v) is 7.61. The largest absolute Gasteiger partial charge is 0.311 e. The molecule has 0 N–H and O–H groups in total. The van der Waals surface area contributed by atoms with Crippen molar-refractivity contribution in [3.63, 3.8) is 0 Å². The Morgan fingerprint density at radius 3 is 0.746 bits per heavy atom. The molecule has 0 saturated carbocycles. The molecule has 0 heterocycles. The molecule has 0 atom stereocenters. The van der Waals surface area contributed by atoms with Crippen LogP contribution in [0.25, 0.3) is 11.6 Å². The summed E-state index contributed by atoms with van der Waals surface area (Å²) in [5.74, 6) is 0. The van der Waals surface area contributed by atoms with Gasteiger partial charge in [-0.25, -0.2) is 0 Å². The first-order chi connectivity index (χ1) is 29.3. The van der Waals surface area contributed by atoms with Crippen LogP contribution in [0.2, 0.25) is 0 Å². The summed E-state index contributed by atoms with van der Waals surface area (Å²) in [6.45, 7) is 0. The minimum Gasteiger partial charge on any atom is -0.311 e. The Labute approximate surface area is 347 Å². The lowest BCUT2D eigenvalue weighted by Gasteiger charge is -2.29. The Balaban J connectivity index is 1.13. The number of benzene rings is 9. The van der Waals surface area contributed by atoms with Crippen LogP contribution >= 0.6 is 0 Å². The fraction of sp³-hybridized carbons (Fsp3) is 0. The van der Waals surface area contributed by atoms with E-state index in [0.717, 1.165) is 62.3 Å². The molecule has 9 rings (SSSR count). The lowest BCUT2D eigenvalue weighted by molar-refractivity contribution is 1.24. The number of anilines is 9. The molecule has 59 heavy (non-hydrogen) atoms. The van der Waals surface area contributed by atoms with Crippen LogP contribution in [-0.2, 0) is 0 Å². The maximum Gasteiger partial charge on any atom is 0.0463 e. The minimum absolute atomic E-state index is 1.06. The first-order valence-corrected chi connectivity index (χ1v) is 20.0. The molecule has 9 aromatic rings. The van der Waals surface area contributed by atoms with Crippen molar-refractivity contribution in [1.82, 2.24) is 0 Å². The SMILES string of the molecule is C(=C(c1ccccc1)c1ccc(N(c2ccc(N(c3ccccc3)c3ccccc3)cc2)c2ccc(N(c3ccccc3)c3ccccc3)cc2)cc1)c1ccccc1. The lowest BCUT2D eigenvalue weighted by Crippen LogP contribution is -2.13. The predicted octanol–water partition coefficient (Wildman–Crippen LogP) is 15.7. The Hall–Kier alpha value is -7.88. The van der Waals surface area contributed by atoms with Crippen LogP contribution < -0.4 is 14.7 Å². The van der Waals surface area contributed by atoms with Crippen LogP contribution in [0.3, 0.4) is 0 Å². The zero-order valence-electron chi connectivity index (χ0n) is 32.7. The van der Waals surface area contributed by atoms with Gasteiger partial charge in [0.15, 0.2) is 0 Å². The van der Waals surface area contributed by atoms with Gasteiger partial charge in [0.05, 0.1) is 0 Å². The highest BCUT2D eigenvalue weighted by Gasteiger charge is 2.18. The van der Waals surface area contributed by atoms with E-state index in [9.17, 15) is 0 Å². The summed E-state index contributed by atoms with van der Waals surface area (Å²) in [6.07, 6.45) is 2.27. The number of rotatable bonds is 12. The maximum absolute atomic E-state index is 2.34. The average molecular weight is 758 g/mol. The number of hydrogen-bond donors (Lipinski definition) is 0. The van der Waals surface area contributed by atoms with Crippen LogP contribution in [-0.4, -0.2) is 0 Å². The smallest absolute Gasteiger partial charge is 0.0463 e. The van der Waals surface area contributed by atoms with Crippen molar-refractivity contribution in [1.29, 1.82) is 0 Å². The predicted molar refractivity (Wildman–Crippen MR) is 250 cm³/mol. The first kappa shape index (κ1) is 36.7. The zero-order chi connectivity index (χ0) is 39.6. The molecule has 0 bridgehead atoms. The summed E-state index contributed by atoms with van der Waals surface area (Å²) >= 11 is 0. The number of nitrogens with zero attached hydrogens (tertiary/aromatic N) is 3. The molecule has 0 fully saturated rings. The summed E-state index contributed by atoms with van der Waals surface area (Å²) in [4.78, 5) is 6.93. The third-order valence-corrected chi connectivity index (χ3v) is 10.4. The van der Waals surface area contributed by atoms with Gasteiger partial charge in [-0.1, -0.05) is 146 Å². The molecular weight excluding hydrogens is 715 g/mol. The van der Waals surface area contributed by atoms with Crippen LogP contribution in [0.1, 0.15) is 16.7 Å². The van der Waals surface area contributed by atoms with E-state index in [4.69, 9.17) is 0 Å². The van der Waals surface area contributed by atoms with Gasteiger partial charge in [-0.15, -0.1) is 0 Å². The van der Waals surface area contributed by atoms with Crippen LogP contribution in [0.15, 0.2) is 255 Å². The Morgan fingerprint density at radius 1 is 0.220 bits per heavy atom. The second kappa shape index (κ2) is 17.5. The summed E-state index contributed by atoms with van der Waals surface area (Å²) in [5.41, 5.74) is 14.4. The molecule has 0 aliphatic heterocycles. The van der Waals surface area contributed by atoms with E-state index in [0.29, 0.717) is 0 Å². The van der Waals surface area contributed by atoms with Crippen molar-refractivity contribution in [3.8, 4) is 0 Å². The summed E-state index contributed by atoms with van der Waals surface area (Å²) in [6, 6.07) is 90.0. The van der Waals surface area contributed by atoms with E-state index in [1.165, 1.54) is 11.1 Å². The van der Waals surface area contributed by atoms with Gasteiger partial charge in [0.25, 0.3) is 0 Å². The Kier molecular flexibility index (Phi) is 10.9. The highest BCUT2D eigenvalue weighted by Crippen LogP contribution is 2.41. The van der Waals surface area contributed by atoms with E-state index in [1.54, 1.807) is 0 Å². The topological polar surface area (TPSA) is 9.72 Å².